The molecule has 5 heteroatoms. The lowest BCUT2D eigenvalue weighted by Gasteiger charge is -2.19. The zero-order valence-electron chi connectivity index (χ0n) is 12.4. The second-order valence-electron chi connectivity index (χ2n) is 5.47. The SMILES string of the molecule is CCNC(=O)NC(=O)COc1ccc(C(C)(C)C)cc1. The lowest BCUT2D eigenvalue weighted by Crippen LogP contribution is -2.41. The second-order valence-corrected chi connectivity index (χ2v) is 5.47. The summed E-state index contributed by atoms with van der Waals surface area (Å²) in [6.07, 6.45) is 0. The quantitative estimate of drug-likeness (QED) is 0.887. The van der Waals surface area contributed by atoms with Gasteiger partial charge in [0.15, 0.2) is 6.61 Å². The van der Waals surface area contributed by atoms with Crippen molar-refractivity contribution in [2.45, 2.75) is 33.1 Å². The van der Waals surface area contributed by atoms with Gasteiger partial charge in [-0.15, -0.1) is 0 Å². The van der Waals surface area contributed by atoms with E-state index in [1.807, 2.05) is 24.3 Å². The van der Waals surface area contributed by atoms with Gasteiger partial charge in [-0.25, -0.2) is 4.79 Å². The van der Waals surface area contributed by atoms with Crippen molar-refractivity contribution in [1.29, 1.82) is 0 Å². The second kappa shape index (κ2) is 6.93. The molecule has 0 aliphatic carbocycles. The molecule has 110 valence electrons. The predicted octanol–water partition coefficient (Wildman–Crippen LogP) is 2.21. The molecule has 0 aliphatic heterocycles. The Balaban J connectivity index is 2.46. The molecule has 0 saturated carbocycles. The fourth-order valence-electron chi connectivity index (χ4n) is 1.57. The number of hydrogen-bond acceptors (Lipinski definition) is 3. The van der Waals surface area contributed by atoms with Crippen molar-refractivity contribution in [1.82, 2.24) is 10.6 Å². The Morgan fingerprint density at radius 2 is 1.75 bits per heavy atom. The van der Waals surface area contributed by atoms with E-state index < -0.39 is 11.9 Å². The molecule has 0 atom stereocenters. The van der Waals surface area contributed by atoms with Crippen LogP contribution in [0.15, 0.2) is 24.3 Å². The van der Waals surface area contributed by atoms with Crippen molar-refractivity contribution in [2.24, 2.45) is 0 Å². The first-order valence-corrected chi connectivity index (χ1v) is 6.64. The summed E-state index contributed by atoms with van der Waals surface area (Å²) in [5.41, 5.74) is 1.27. The van der Waals surface area contributed by atoms with Crippen LogP contribution in [0.2, 0.25) is 0 Å². The molecule has 1 rings (SSSR count). The van der Waals surface area contributed by atoms with Gasteiger partial charge in [-0.2, -0.15) is 0 Å². The summed E-state index contributed by atoms with van der Waals surface area (Å²) in [6.45, 7) is 8.44. The fraction of sp³-hybridized carbons (Fsp3) is 0.467. The zero-order valence-corrected chi connectivity index (χ0v) is 12.4. The summed E-state index contributed by atoms with van der Waals surface area (Å²) in [7, 11) is 0. The van der Waals surface area contributed by atoms with E-state index in [9.17, 15) is 9.59 Å². The molecule has 0 aromatic heterocycles. The van der Waals surface area contributed by atoms with E-state index in [-0.39, 0.29) is 12.0 Å². The van der Waals surface area contributed by atoms with E-state index in [1.54, 1.807) is 6.92 Å². The van der Waals surface area contributed by atoms with E-state index in [1.165, 1.54) is 5.56 Å². The van der Waals surface area contributed by atoms with Gasteiger partial charge in [-0.1, -0.05) is 32.9 Å². The third-order valence-corrected chi connectivity index (χ3v) is 2.68. The molecule has 0 spiro atoms. The van der Waals surface area contributed by atoms with E-state index in [4.69, 9.17) is 4.74 Å². The van der Waals surface area contributed by atoms with Crippen LogP contribution >= 0.6 is 0 Å². The number of imide groups is 1. The van der Waals surface area contributed by atoms with Gasteiger partial charge in [0.2, 0.25) is 0 Å². The molecule has 0 bridgehead atoms. The highest BCUT2D eigenvalue weighted by molar-refractivity contribution is 5.94. The van der Waals surface area contributed by atoms with Crippen LogP contribution in [0.25, 0.3) is 0 Å². The van der Waals surface area contributed by atoms with Crippen molar-refractivity contribution in [3.05, 3.63) is 29.8 Å². The Kier molecular flexibility index (Phi) is 5.55. The minimum absolute atomic E-state index is 0.0775. The Morgan fingerprint density at radius 3 is 2.25 bits per heavy atom. The minimum atomic E-state index is -0.510. The summed E-state index contributed by atoms with van der Waals surface area (Å²) in [5, 5.41) is 4.65. The van der Waals surface area contributed by atoms with E-state index in [2.05, 4.69) is 31.4 Å². The van der Waals surface area contributed by atoms with Crippen molar-refractivity contribution < 1.29 is 14.3 Å². The fourth-order valence-corrected chi connectivity index (χ4v) is 1.57. The van der Waals surface area contributed by atoms with Crippen molar-refractivity contribution in [3.8, 4) is 5.75 Å². The molecule has 3 amide bonds. The van der Waals surface area contributed by atoms with Crippen LogP contribution < -0.4 is 15.4 Å². The van der Waals surface area contributed by atoms with E-state index in [0.29, 0.717) is 12.3 Å². The average molecular weight is 278 g/mol. The summed E-state index contributed by atoms with van der Waals surface area (Å²) < 4.78 is 5.32. The van der Waals surface area contributed by atoms with Crippen LogP contribution in [0.1, 0.15) is 33.3 Å². The number of urea groups is 1. The smallest absolute Gasteiger partial charge is 0.321 e. The van der Waals surface area contributed by atoms with Gasteiger partial charge in [0.1, 0.15) is 5.75 Å². The van der Waals surface area contributed by atoms with Gasteiger partial charge >= 0.3 is 6.03 Å². The highest BCUT2D eigenvalue weighted by Gasteiger charge is 2.13. The maximum atomic E-state index is 11.4. The molecule has 0 radical (unpaired) electrons. The first-order chi connectivity index (χ1) is 9.32. The zero-order chi connectivity index (χ0) is 15.2. The highest BCUT2D eigenvalue weighted by Crippen LogP contribution is 2.24. The molecule has 0 fully saturated rings. The molecule has 20 heavy (non-hydrogen) atoms. The number of nitrogens with one attached hydrogen (secondary N) is 2. The molecule has 5 nitrogen and oxygen atoms in total. The monoisotopic (exact) mass is 278 g/mol. The maximum absolute atomic E-state index is 11.4. The van der Waals surface area contributed by atoms with Gasteiger partial charge in [-0.3, -0.25) is 10.1 Å². The number of hydrogen-bond donors (Lipinski definition) is 2. The Hall–Kier alpha value is -2.04. The summed E-state index contributed by atoms with van der Waals surface area (Å²) in [4.78, 5) is 22.6. The highest BCUT2D eigenvalue weighted by atomic mass is 16.5. The molecular formula is C15H22N2O3. The third kappa shape index (κ3) is 5.30. The molecule has 1 aromatic carbocycles. The Labute approximate surface area is 119 Å². The lowest BCUT2D eigenvalue weighted by molar-refractivity contribution is -0.122. The van der Waals surface area contributed by atoms with Crippen LogP contribution in [0.3, 0.4) is 0 Å². The summed E-state index contributed by atoms with van der Waals surface area (Å²) >= 11 is 0. The van der Waals surface area contributed by atoms with Gasteiger partial charge < -0.3 is 10.1 Å². The normalized spacial score (nSPS) is 10.8. The van der Waals surface area contributed by atoms with Crippen LogP contribution in [-0.2, 0) is 10.2 Å². The number of benzene rings is 1. The van der Waals surface area contributed by atoms with Crippen LogP contribution in [0.4, 0.5) is 4.79 Å². The predicted molar refractivity (Wildman–Crippen MR) is 77.9 cm³/mol. The number of amides is 3. The molecule has 0 unspecified atom stereocenters. The van der Waals surface area contributed by atoms with Crippen molar-refractivity contribution >= 4 is 11.9 Å². The van der Waals surface area contributed by atoms with Crippen LogP contribution in [-0.4, -0.2) is 25.1 Å². The maximum Gasteiger partial charge on any atom is 0.321 e. The Morgan fingerprint density at radius 1 is 1.15 bits per heavy atom. The first kappa shape index (κ1) is 16.0. The summed E-state index contributed by atoms with van der Waals surface area (Å²) in [6, 6.07) is 7.07. The molecule has 0 saturated heterocycles. The first-order valence-electron chi connectivity index (χ1n) is 6.64. The minimum Gasteiger partial charge on any atom is -0.484 e. The van der Waals surface area contributed by atoms with Gasteiger partial charge in [0.25, 0.3) is 5.91 Å². The van der Waals surface area contributed by atoms with Gasteiger partial charge in [0, 0.05) is 6.54 Å². The molecular weight excluding hydrogens is 256 g/mol. The van der Waals surface area contributed by atoms with E-state index >= 15 is 0 Å². The third-order valence-electron chi connectivity index (χ3n) is 2.68. The number of ether oxygens (including phenoxy) is 1. The average Bonchev–Trinajstić information content (AvgIpc) is 2.36. The summed E-state index contributed by atoms with van der Waals surface area (Å²) in [5.74, 6) is 0.125. The molecule has 0 heterocycles. The molecule has 1 aromatic rings. The Bertz CT molecular complexity index is 461. The largest absolute Gasteiger partial charge is 0.484 e. The number of carbonyl (C=O) groups excluding carboxylic acids is 2. The van der Waals surface area contributed by atoms with Crippen LogP contribution in [0.5, 0.6) is 5.75 Å². The lowest BCUT2D eigenvalue weighted by atomic mass is 9.87. The van der Waals surface area contributed by atoms with Crippen molar-refractivity contribution in [3.63, 3.8) is 0 Å². The number of carbonyl (C=O) groups is 2. The van der Waals surface area contributed by atoms with Crippen LogP contribution in [0, 0.1) is 0 Å². The van der Waals surface area contributed by atoms with E-state index in [0.717, 1.165) is 0 Å². The van der Waals surface area contributed by atoms with Crippen molar-refractivity contribution in [2.75, 3.05) is 13.2 Å². The topological polar surface area (TPSA) is 67.4 Å². The standard InChI is InChI=1S/C15H22N2O3/c1-5-16-14(19)17-13(18)10-20-12-8-6-11(7-9-12)15(2,3)4/h6-9H,5,10H2,1-4H3,(H2,16,17,18,19). The van der Waals surface area contributed by atoms with Gasteiger partial charge in [0.05, 0.1) is 0 Å². The molecule has 2 N–H and O–H groups in total. The molecule has 0 aliphatic rings. The number of rotatable bonds is 4. The van der Waals surface area contributed by atoms with Gasteiger partial charge in [-0.05, 0) is 30.0 Å².